The molecule has 0 radical (unpaired) electrons. The molecule has 1 aromatic carbocycles. The Labute approximate surface area is 138 Å². The molecule has 2 aliphatic rings. The first-order valence-corrected chi connectivity index (χ1v) is 7.98. The van der Waals surface area contributed by atoms with Crippen LogP contribution in [0.15, 0.2) is 41.3 Å². The molecule has 2 aromatic rings. The molecule has 1 unspecified atom stereocenters. The van der Waals surface area contributed by atoms with E-state index in [0.29, 0.717) is 19.2 Å². The smallest absolute Gasteiger partial charge is 0.300 e. The zero-order chi connectivity index (χ0) is 16.4. The Morgan fingerprint density at radius 2 is 1.96 bits per heavy atom. The molecule has 7 nitrogen and oxygen atoms in total. The van der Waals surface area contributed by atoms with Crippen LogP contribution in [0.3, 0.4) is 0 Å². The van der Waals surface area contributed by atoms with Crippen LogP contribution in [0.2, 0.25) is 0 Å². The van der Waals surface area contributed by atoms with Crippen molar-refractivity contribution in [2.75, 3.05) is 19.8 Å². The summed E-state index contributed by atoms with van der Waals surface area (Å²) in [7, 11) is 0. The lowest BCUT2D eigenvalue weighted by atomic mass is 10.2. The third-order valence-electron chi connectivity index (χ3n) is 3.94. The topological polar surface area (TPSA) is 71.8 Å². The molecule has 0 aliphatic carbocycles. The van der Waals surface area contributed by atoms with Crippen molar-refractivity contribution in [3.05, 3.63) is 52.4 Å². The molecule has 4 rings (SSSR count). The largest absolute Gasteiger partial charge is 0.490 e. The molecule has 0 saturated carbocycles. The van der Waals surface area contributed by atoms with Crippen molar-refractivity contribution in [1.82, 2.24) is 9.55 Å². The molecular weight excluding hydrogens is 312 g/mol. The van der Waals surface area contributed by atoms with Crippen LogP contribution < -0.4 is 15.0 Å². The zero-order valence-corrected chi connectivity index (χ0v) is 13.1. The molecule has 1 atom stereocenters. The Bertz CT molecular complexity index is 752. The second-order valence-corrected chi connectivity index (χ2v) is 5.75. The molecule has 0 amide bonds. The van der Waals surface area contributed by atoms with Gasteiger partial charge in [-0.15, -0.1) is 0 Å². The van der Waals surface area contributed by atoms with Gasteiger partial charge < -0.3 is 18.9 Å². The molecule has 2 aliphatic heterocycles. The average molecular weight is 330 g/mol. The summed E-state index contributed by atoms with van der Waals surface area (Å²) in [5.41, 5.74) is 0.680. The summed E-state index contributed by atoms with van der Waals surface area (Å²) in [5.74, 6) is 0.747. The van der Waals surface area contributed by atoms with Crippen LogP contribution in [-0.4, -0.2) is 35.5 Å². The van der Waals surface area contributed by atoms with E-state index < -0.39 is 0 Å². The van der Waals surface area contributed by atoms with Gasteiger partial charge in [-0.2, -0.15) is 4.98 Å². The highest BCUT2D eigenvalue weighted by atomic mass is 16.7. The van der Waals surface area contributed by atoms with Gasteiger partial charge in [-0.05, 0) is 18.6 Å². The summed E-state index contributed by atoms with van der Waals surface area (Å²) < 4.78 is 24.3. The van der Waals surface area contributed by atoms with Gasteiger partial charge in [-0.3, -0.25) is 9.36 Å². The van der Waals surface area contributed by atoms with Crippen LogP contribution in [0.5, 0.6) is 11.8 Å². The van der Waals surface area contributed by atoms with Crippen LogP contribution in [0.1, 0.15) is 18.3 Å². The average Bonchev–Trinajstić information content (AvgIpc) is 3.03. The Morgan fingerprint density at radius 1 is 1.17 bits per heavy atom. The quantitative estimate of drug-likeness (QED) is 0.846. The van der Waals surface area contributed by atoms with Crippen molar-refractivity contribution >= 4 is 0 Å². The van der Waals surface area contributed by atoms with E-state index in [1.807, 2.05) is 24.3 Å². The zero-order valence-electron chi connectivity index (χ0n) is 13.1. The number of ether oxygens (including phenoxy) is 4. The van der Waals surface area contributed by atoms with E-state index >= 15 is 0 Å². The Balaban J connectivity index is 1.33. The fraction of sp³-hybridized carbons (Fsp3) is 0.412. The highest BCUT2D eigenvalue weighted by molar-refractivity contribution is 5.28. The van der Waals surface area contributed by atoms with Gasteiger partial charge in [0.1, 0.15) is 12.4 Å². The highest BCUT2D eigenvalue weighted by Gasteiger charge is 2.23. The summed E-state index contributed by atoms with van der Waals surface area (Å²) in [4.78, 5) is 15.0. The van der Waals surface area contributed by atoms with Crippen LogP contribution in [0.25, 0.3) is 0 Å². The van der Waals surface area contributed by atoms with Crippen molar-refractivity contribution in [1.29, 1.82) is 0 Å². The standard InChI is InChI=1S/C17H18N2O5/c20-15-6-7-19-10-14(24-17(19)18-15)11-23-13-4-2-12(3-5-13)16-21-8-1-9-22-16/h2-7,14,16H,1,8-11H2. The normalized spacial score (nSPS) is 20.4. The lowest BCUT2D eigenvalue weighted by molar-refractivity contribution is -0.183. The van der Waals surface area contributed by atoms with Crippen molar-refractivity contribution < 1.29 is 18.9 Å². The van der Waals surface area contributed by atoms with Gasteiger partial charge in [0.2, 0.25) is 0 Å². The molecule has 126 valence electrons. The number of hydrogen-bond donors (Lipinski definition) is 0. The predicted octanol–water partition coefficient (Wildman–Crippen LogP) is 1.52. The van der Waals surface area contributed by atoms with Gasteiger partial charge in [-0.1, -0.05) is 12.1 Å². The number of rotatable bonds is 4. The molecule has 0 N–H and O–H groups in total. The van der Waals surface area contributed by atoms with Crippen LogP contribution >= 0.6 is 0 Å². The molecule has 7 heteroatoms. The third-order valence-corrected chi connectivity index (χ3v) is 3.94. The third kappa shape index (κ3) is 3.27. The maximum atomic E-state index is 11.2. The van der Waals surface area contributed by atoms with Gasteiger partial charge >= 0.3 is 0 Å². The summed E-state index contributed by atoms with van der Waals surface area (Å²) in [6.45, 7) is 2.44. The number of aromatic nitrogens is 2. The van der Waals surface area contributed by atoms with Gasteiger partial charge in [-0.25, -0.2) is 0 Å². The fourth-order valence-corrected chi connectivity index (χ4v) is 2.73. The highest BCUT2D eigenvalue weighted by Crippen LogP contribution is 2.25. The van der Waals surface area contributed by atoms with Crippen molar-refractivity contribution in [3.8, 4) is 11.8 Å². The summed E-state index contributed by atoms with van der Waals surface area (Å²) in [6, 6.07) is 9.42. The van der Waals surface area contributed by atoms with E-state index in [2.05, 4.69) is 4.98 Å². The first kappa shape index (κ1) is 15.2. The first-order valence-electron chi connectivity index (χ1n) is 7.98. The maximum absolute atomic E-state index is 11.2. The van der Waals surface area contributed by atoms with Crippen LogP contribution in [0.4, 0.5) is 0 Å². The van der Waals surface area contributed by atoms with Gasteiger partial charge in [0.15, 0.2) is 12.4 Å². The van der Waals surface area contributed by atoms with E-state index in [4.69, 9.17) is 18.9 Å². The molecule has 0 bridgehead atoms. The molecule has 1 aromatic heterocycles. The number of benzene rings is 1. The molecule has 0 spiro atoms. The lowest BCUT2D eigenvalue weighted by Crippen LogP contribution is -2.23. The summed E-state index contributed by atoms with van der Waals surface area (Å²) >= 11 is 0. The number of hydrogen-bond acceptors (Lipinski definition) is 6. The van der Waals surface area contributed by atoms with E-state index in [-0.39, 0.29) is 18.0 Å². The van der Waals surface area contributed by atoms with Gasteiger partial charge in [0.05, 0.1) is 19.8 Å². The maximum Gasteiger partial charge on any atom is 0.300 e. The Hall–Kier alpha value is -2.38. The molecule has 24 heavy (non-hydrogen) atoms. The minimum Gasteiger partial charge on any atom is -0.490 e. The molecular formula is C17H18N2O5. The fourth-order valence-electron chi connectivity index (χ4n) is 2.73. The Morgan fingerprint density at radius 3 is 2.75 bits per heavy atom. The van der Waals surface area contributed by atoms with E-state index in [0.717, 1.165) is 30.9 Å². The SMILES string of the molecule is O=c1ccn2c(n1)OC(COc1ccc(C3OCCCO3)cc1)C2. The van der Waals surface area contributed by atoms with Gasteiger partial charge in [0, 0.05) is 17.8 Å². The predicted molar refractivity (Wildman–Crippen MR) is 84.1 cm³/mol. The monoisotopic (exact) mass is 330 g/mol. The van der Waals surface area contributed by atoms with E-state index in [1.165, 1.54) is 6.07 Å². The first-order chi connectivity index (χ1) is 11.8. The van der Waals surface area contributed by atoms with E-state index in [9.17, 15) is 4.79 Å². The minimum absolute atomic E-state index is 0.163. The van der Waals surface area contributed by atoms with Crippen LogP contribution in [0, 0.1) is 0 Å². The van der Waals surface area contributed by atoms with E-state index in [1.54, 1.807) is 10.8 Å². The van der Waals surface area contributed by atoms with Crippen molar-refractivity contribution in [2.45, 2.75) is 25.4 Å². The molecule has 1 fully saturated rings. The molecule has 1 saturated heterocycles. The second-order valence-electron chi connectivity index (χ2n) is 5.75. The minimum atomic E-state index is -0.300. The molecule has 3 heterocycles. The van der Waals surface area contributed by atoms with Crippen LogP contribution in [-0.2, 0) is 16.0 Å². The second kappa shape index (κ2) is 6.62. The van der Waals surface area contributed by atoms with Crippen molar-refractivity contribution in [3.63, 3.8) is 0 Å². The van der Waals surface area contributed by atoms with Crippen molar-refractivity contribution in [2.24, 2.45) is 0 Å². The summed E-state index contributed by atoms with van der Waals surface area (Å²) in [5, 5.41) is 0. The summed E-state index contributed by atoms with van der Waals surface area (Å²) in [6.07, 6.45) is 2.17. The number of fused-ring (bicyclic) bond motifs is 1. The lowest BCUT2D eigenvalue weighted by Gasteiger charge is -2.23. The van der Waals surface area contributed by atoms with Gasteiger partial charge in [0.25, 0.3) is 11.6 Å². The Kier molecular flexibility index (Phi) is 4.18. The number of nitrogens with zero attached hydrogens (tertiary/aromatic N) is 2.